The Morgan fingerprint density at radius 2 is 1.18 bits per heavy atom. The monoisotopic (exact) mass is 156 g/mol. The quantitative estimate of drug-likeness (QED) is 0.390. The van der Waals surface area contributed by atoms with Gasteiger partial charge in [0.25, 0.3) is 0 Å². The maximum atomic E-state index is 11.1. The van der Waals surface area contributed by atoms with E-state index in [0.717, 1.165) is 0 Å². The zero-order valence-electron chi connectivity index (χ0n) is 7.22. The molecule has 62 valence electrons. The highest BCUT2D eigenvalue weighted by Gasteiger charge is 2.57. The summed E-state index contributed by atoms with van der Waals surface area (Å²) >= 11 is 0. The largest absolute Gasteiger partial charge is 0.392 e. The predicted molar refractivity (Wildman–Crippen MR) is 38.7 cm³/mol. The van der Waals surface area contributed by atoms with E-state index < -0.39 is 22.8 Å². The second kappa shape index (κ2) is 1.84. The lowest BCUT2D eigenvalue weighted by Crippen LogP contribution is -2.35. The van der Waals surface area contributed by atoms with Crippen LogP contribution < -0.4 is 0 Å². The molecule has 0 atom stereocenters. The third-order valence-corrected chi connectivity index (χ3v) is 2.77. The molecular weight excluding hydrogens is 144 g/mol. The average molecular weight is 156 g/mol. The molecule has 0 unspecified atom stereocenters. The molecule has 3 heteroatoms. The van der Waals surface area contributed by atoms with E-state index in [0.29, 0.717) is 0 Å². The third kappa shape index (κ3) is 0.800. The minimum absolute atomic E-state index is 0.424. The zero-order valence-corrected chi connectivity index (χ0v) is 7.22. The first-order valence-corrected chi connectivity index (χ1v) is 3.57. The van der Waals surface area contributed by atoms with E-state index in [-0.39, 0.29) is 0 Å². The van der Waals surface area contributed by atoms with E-state index in [1.165, 1.54) is 0 Å². The topological polar surface area (TPSA) is 43.4 Å². The molecule has 1 fully saturated rings. The minimum atomic E-state index is -0.690. The first-order chi connectivity index (χ1) is 4.80. The molecule has 0 N–H and O–H groups in total. The normalized spacial score (nSPS) is 26.9. The van der Waals surface area contributed by atoms with Gasteiger partial charge in [0.05, 0.1) is 10.8 Å². The Morgan fingerprint density at radius 1 is 0.909 bits per heavy atom. The molecule has 0 bridgehead atoms. The Kier molecular flexibility index (Phi) is 1.38. The van der Waals surface area contributed by atoms with Crippen LogP contribution in [-0.2, 0) is 14.3 Å². The molecule has 1 aliphatic rings. The van der Waals surface area contributed by atoms with Crippen molar-refractivity contribution in [2.45, 2.75) is 27.7 Å². The lowest BCUT2D eigenvalue weighted by atomic mass is 9.70. The highest BCUT2D eigenvalue weighted by molar-refractivity contribution is 6.00. The van der Waals surface area contributed by atoms with Gasteiger partial charge in [-0.2, -0.15) is 0 Å². The lowest BCUT2D eigenvalue weighted by molar-refractivity contribution is -0.155. The predicted octanol–water partition coefficient (Wildman–Crippen LogP) is 1.12. The molecule has 0 aromatic carbocycles. The SMILES string of the molecule is CC1(C)C(=O)OC(=O)C1(C)C. The van der Waals surface area contributed by atoms with Gasteiger partial charge in [-0.3, -0.25) is 9.59 Å². The van der Waals surface area contributed by atoms with Gasteiger partial charge >= 0.3 is 11.9 Å². The smallest absolute Gasteiger partial charge is 0.320 e. The van der Waals surface area contributed by atoms with Crippen molar-refractivity contribution in [3.8, 4) is 0 Å². The average Bonchev–Trinajstić information content (AvgIpc) is 1.95. The highest BCUT2D eigenvalue weighted by Crippen LogP contribution is 2.45. The van der Waals surface area contributed by atoms with Crippen LogP contribution in [0.5, 0.6) is 0 Å². The van der Waals surface area contributed by atoms with Crippen LogP contribution in [0.3, 0.4) is 0 Å². The molecule has 0 aromatic rings. The summed E-state index contributed by atoms with van der Waals surface area (Å²) in [5, 5.41) is 0. The van der Waals surface area contributed by atoms with Crippen LogP contribution >= 0.6 is 0 Å². The number of carbonyl (C=O) groups excluding carboxylic acids is 2. The van der Waals surface area contributed by atoms with E-state index in [9.17, 15) is 9.59 Å². The van der Waals surface area contributed by atoms with Gasteiger partial charge in [-0.15, -0.1) is 0 Å². The molecule has 0 radical (unpaired) electrons. The fourth-order valence-corrected chi connectivity index (χ4v) is 0.850. The minimum Gasteiger partial charge on any atom is -0.392 e. The van der Waals surface area contributed by atoms with Gasteiger partial charge in [0.15, 0.2) is 0 Å². The Hall–Kier alpha value is -0.860. The van der Waals surface area contributed by atoms with Crippen molar-refractivity contribution >= 4 is 11.9 Å². The molecule has 0 aromatic heterocycles. The third-order valence-electron chi connectivity index (χ3n) is 2.77. The highest BCUT2D eigenvalue weighted by atomic mass is 16.6. The summed E-state index contributed by atoms with van der Waals surface area (Å²) in [6, 6.07) is 0. The van der Waals surface area contributed by atoms with Gasteiger partial charge in [0.1, 0.15) is 0 Å². The van der Waals surface area contributed by atoms with Crippen molar-refractivity contribution in [1.82, 2.24) is 0 Å². The summed E-state index contributed by atoms with van der Waals surface area (Å²) in [6.45, 7) is 6.89. The number of hydrogen-bond donors (Lipinski definition) is 0. The first kappa shape index (κ1) is 8.24. The molecule has 11 heavy (non-hydrogen) atoms. The van der Waals surface area contributed by atoms with Crippen LogP contribution in [0.2, 0.25) is 0 Å². The Morgan fingerprint density at radius 3 is 1.27 bits per heavy atom. The summed E-state index contributed by atoms with van der Waals surface area (Å²) in [5.74, 6) is -0.847. The molecule has 0 aliphatic carbocycles. The Balaban J connectivity index is 3.15. The van der Waals surface area contributed by atoms with Crippen LogP contribution in [0.1, 0.15) is 27.7 Å². The maximum absolute atomic E-state index is 11.1. The number of cyclic esters (lactones) is 2. The maximum Gasteiger partial charge on any atom is 0.320 e. The standard InChI is InChI=1S/C8H12O3/c1-7(2)5(9)11-6(10)8(7,3)4/h1-4H3. The van der Waals surface area contributed by atoms with Crippen molar-refractivity contribution in [1.29, 1.82) is 0 Å². The summed E-state index contributed by atoms with van der Waals surface area (Å²) in [4.78, 5) is 22.2. The second-order valence-corrected chi connectivity index (χ2v) is 3.93. The number of esters is 2. The van der Waals surface area contributed by atoms with Crippen LogP contribution in [0.25, 0.3) is 0 Å². The molecule has 1 heterocycles. The van der Waals surface area contributed by atoms with Gasteiger partial charge < -0.3 is 4.74 Å². The fourth-order valence-electron chi connectivity index (χ4n) is 0.850. The van der Waals surface area contributed by atoms with Crippen molar-refractivity contribution in [2.75, 3.05) is 0 Å². The zero-order chi connectivity index (χ0) is 8.86. The van der Waals surface area contributed by atoms with Gasteiger partial charge in [-0.05, 0) is 27.7 Å². The van der Waals surface area contributed by atoms with Crippen molar-refractivity contribution in [2.24, 2.45) is 10.8 Å². The fraction of sp³-hybridized carbons (Fsp3) is 0.750. The summed E-state index contributed by atoms with van der Waals surface area (Å²) in [7, 11) is 0. The van der Waals surface area contributed by atoms with Gasteiger partial charge in [0.2, 0.25) is 0 Å². The van der Waals surface area contributed by atoms with Gasteiger partial charge in [-0.1, -0.05) is 0 Å². The summed E-state index contributed by atoms with van der Waals surface area (Å²) in [6.07, 6.45) is 0. The summed E-state index contributed by atoms with van der Waals surface area (Å²) < 4.78 is 4.51. The molecule has 0 saturated carbocycles. The first-order valence-electron chi connectivity index (χ1n) is 3.57. The molecule has 0 amide bonds. The number of ether oxygens (including phenoxy) is 1. The van der Waals surface area contributed by atoms with Crippen LogP contribution in [-0.4, -0.2) is 11.9 Å². The summed E-state index contributed by atoms with van der Waals surface area (Å²) in [5.41, 5.74) is -1.38. The van der Waals surface area contributed by atoms with Crippen molar-refractivity contribution in [3.63, 3.8) is 0 Å². The number of carbonyl (C=O) groups is 2. The van der Waals surface area contributed by atoms with Crippen LogP contribution in [0.4, 0.5) is 0 Å². The van der Waals surface area contributed by atoms with Gasteiger partial charge in [-0.25, -0.2) is 0 Å². The molecule has 3 nitrogen and oxygen atoms in total. The molecule has 1 aliphatic heterocycles. The second-order valence-electron chi connectivity index (χ2n) is 3.93. The van der Waals surface area contributed by atoms with Gasteiger partial charge in [0, 0.05) is 0 Å². The molecule has 1 rings (SSSR count). The number of hydrogen-bond acceptors (Lipinski definition) is 3. The Bertz CT molecular complexity index is 201. The van der Waals surface area contributed by atoms with Crippen molar-refractivity contribution < 1.29 is 14.3 Å². The van der Waals surface area contributed by atoms with E-state index in [4.69, 9.17) is 0 Å². The number of rotatable bonds is 0. The molecule has 1 saturated heterocycles. The van der Waals surface area contributed by atoms with E-state index >= 15 is 0 Å². The molecular formula is C8H12O3. The van der Waals surface area contributed by atoms with E-state index in [2.05, 4.69) is 4.74 Å². The lowest BCUT2D eigenvalue weighted by Gasteiger charge is -2.26. The van der Waals surface area contributed by atoms with E-state index in [1.54, 1.807) is 27.7 Å². The van der Waals surface area contributed by atoms with Crippen LogP contribution in [0, 0.1) is 10.8 Å². The molecule has 0 spiro atoms. The van der Waals surface area contributed by atoms with Crippen LogP contribution in [0.15, 0.2) is 0 Å². The van der Waals surface area contributed by atoms with E-state index in [1.807, 2.05) is 0 Å². The Labute approximate surface area is 65.7 Å². The van der Waals surface area contributed by atoms with Crippen molar-refractivity contribution in [3.05, 3.63) is 0 Å².